The van der Waals surface area contributed by atoms with E-state index in [0.29, 0.717) is 0 Å². The van der Waals surface area contributed by atoms with Gasteiger partial charge in [0.2, 0.25) is 29.5 Å². The van der Waals surface area contributed by atoms with Crippen LogP contribution in [-0.4, -0.2) is 118 Å². The second-order valence-corrected chi connectivity index (χ2v) is 18.4. The Labute approximate surface area is 460 Å². The Morgan fingerprint density at radius 2 is 1.33 bits per heavy atom. The van der Waals surface area contributed by atoms with Crippen LogP contribution in [0.15, 0.2) is 112 Å². The molecule has 81 heavy (non-hydrogen) atoms. The SMILES string of the molecule is C=C(NC(=O)C(=C)NC(=O)c1ccc2c(n1)-c1coc(n1)C(=C)NC(=O)C(=C)NC(=O)c1nc(oc1C)C(=C)NC(=O)C(C(C)(C)O)NC(=O)C(=C)NC(=O)c1coc(n1)C(=CC)NC(=O)[C@@H]([C@@H](C)O)NC(=O)c1csc-2n1)C(N)=O. The van der Waals surface area contributed by atoms with E-state index in [1.165, 1.54) is 58.2 Å². The van der Waals surface area contributed by atoms with Gasteiger partial charge in [-0.05, 0) is 46.8 Å². The number of nitrogens with one attached hydrogen (secondary N) is 9. The summed E-state index contributed by atoms with van der Waals surface area (Å²) in [5.41, 5.74) is -1.59. The summed E-state index contributed by atoms with van der Waals surface area (Å²) in [7, 11) is 0. The van der Waals surface area contributed by atoms with Gasteiger partial charge in [-0.3, -0.25) is 47.9 Å². The standard InChI is InChI=1S/C50H49N15O15S/c1-12-27-48-61-30(16-79-48)41(72)54-21(5)39(70)65-35(50(10,11)77)45(76)57-23(7)47-64-33(25(9)80-47)44(75)55-20(4)38(69)56-22(6)46-60-29(15-78-46)34-26(49-62-31(17-81-49)42(73)63-32(24(8)66)43(74)59-27)13-14-28(58-34)40(71)53-19(3)37(68)52-18(2)36(51)67/h12-17,24,32,35,66,77H,2-7H2,1,8-11H3,(H2,51,67)(H,52,68)(H,53,71)(H,54,72)(H,55,75)(H,56,69)(H,57,76)(H,59,74)(H,63,73)(H,65,70)/t24-,32-,35?/m1/s1. The summed E-state index contributed by atoms with van der Waals surface area (Å²) < 4.78 is 16.6. The Bertz CT molecular complexity index is 3610. The second-order valence-electron chi connectivity index (χ2n) is 17.6. The van der Waals surface area contributed by atoms with Gasteiger partial charge in [-0.1, -0.05) is 45.5 Å². The van der Waals surface area contributed by atoms with Gasteiger partial charge in [-0.2, -0.15) is 0 Å². The molecule has 3 atom stereocenters. The molecule has 1 unspecified atom stereocenters. The highest BCUT2D eigenvalue weighted by Crippen LogP contribution is 2.33. The van der Waals surface area contributed by atoms with Gasteiger partial charge in [0.15, 0.2) is 11.4 Å². The smallest absolute Gasteiger partial charge is 0.278 e. The first-order chi connectivity index (χ1) is 38.0. The van der Waals surface area contributed by atoms with E-state index in [0.717, 1.165) is 23.9 Å². The van der Waals surface area contributed by atoms with E-state index >= 15 is 0 Å². The Morgan fingerprint density at radius 1 is 0.716 bits per heavy atom. The number of nitrogens with two attached hydrogens (primary N) is 1. The molecule has 0 radical (unpaired) electrons. The number of amides is 10. The van der Waals surface area contributed by atoms with E-state index in [2.05, 4.69) is 112 Å². The van der Waals surface area contributed by atoms with Crippen LogP contribution in [0.2, 0.25) is 0 Å². The van der Waals surface area contributed by atoms with Gasteiger partial charge in [0.1, 0.15) is 58.2 Å². The minimum Gasteiger partial charge on any atom is -0.443 e. The van der Waals surface area contributed by atoms with Gasteiger partial charge in [-0.25, -0.2) is 24.9 Å². The van der Waals surface area contributed by atoms with Crippen molar-refractivity contribution in [2.75, 3.05) is 0 Å². The summed E-state index contributed by atoms with van der Waals surface area (Å²) in [5.74, 6) is -11.7. The zero-order valence-electron chi connectivity index (χ0n) is 43.4. The van der Waals surface area contributed by atoms with Crippen molar-refractivity contribution >= 4 is 87.5 Å². The van der Waals surface area contributed by atoms with Crippen LogP contribution < -0.4 is 53.6 Å². The molecule has 30 nitrogen and oxygen atoms in total. The van der Waals surface area contributed by atoms with E-state index in [1.807, 2.05) is 0 Å². The highest BCUT2D eigenvalue weighted by atomic mass is 32.1. The maximum atomic E-state index is 13.8. The number of fused-ring (bicyclic) bond motifs is 11. The van der Waals surface area contributed by atoms with E-state index in [1.54, 1.807) is 0 Å². The predicted molar refractivity (Wildman–Crippen MR) is 282 cm³/mol. The van der Waals surface area contributed by atoms with Crippen LogP contribution >= 0.6 is 11.3 Å². The highest BCUT2D eigenvalue weighted by Gasteiger charge is 2.37. The Kier molecular flexibility index (Phi) is 17.8. The lowest BCUT2D eigenvalue weighted by Gasteiger charge is -2.29. The third-order valence-corrected chi connectivity index (χ3v) is 11.8. The van der Waals surface area contributed by atoms with Crippen molar-refractivity contribution in [2.45, 2.75) is 58.4 Å². The van der Waals surface area contributed by atoms with Crippen LogP contribution in [0.4, 0.5) is 0 Å². The van der Waals surface area contributed by atoms with E-state index in [4.69, 9.17) is 19.0 Å². The number of thiazole rings is 1. The predicted octanol–water partition coefficient (Wildman–Crippen LogP) is -0.210. The van der Waals surface area contributed by atoms with Crippen LogP contribution in [0.1, 0.15) is 93.1 Å². The fourth-order valence-corrected chi connectivity index (χ4v) is 7.48. The molecule has 420 valence electrons. The molecular formula is C50H49N15O15S. The fraction of sp³-hybridized carbons (Fsp3) is 0.180. The van der Waals surface area contributed by atoms with Gasteiger partial charge < -0.3 is 77.0 Å². The lowest BCUT2D eigenvalue weighted by atomic mass is 9.97. The monoisotopic (exact) mass is 1130 g/mol. The van der Waals surface area contributed by atoms with Gasteiger partial charge >= 0.3 is 0 Å². The zero-order valence-corrected chi connectivity index (χ0v) is 44.2. The van der Waals surface area contributed by atoms with Crippen molar-refractivity contribution < 1.29 is 71.4 Å². The molecule has 0 saturated carbocycles. The largest absolute Gasteiger partial charge is 0.443 e. The molecule has 6 rings (SSSR count). The number of aliphatic hydroxyl groups excluding tert-OH is 1. The molecule has 5 aromatic heterocycles. The van der Waals surface area contributed by atoms with Crippen molar-refractivity contribution in [2.24, 2.45) is 5.73 Å². The Morgan fingerprint density at radius 3 is 1.99 bits per heavy atom. The lowest BCUT2D eigenvalue weighted by Crippen LogP contribution is -2.58. The summed E-state index contributed by atoms with van der Waals surface area (Å²) in [4.78, 5) is 153. The number of primary amides is 1. The minimum absolute atomic E-state index is 0.0591. The molecule has 10 amide bonds. The van der Waals surface area contributed by atoms with E-state index in [-0.39, 0.29) is 68.0 Å². The maximum absolute atomic E-state index is 13.8. The average molecular weight is 1130 g/mol. The molecule has 5 aromatic rings. The zero-order chi connectivity index (χ0) is 59.9. The molecule has 1 aliphatic heterocycles. The van der Waals surface area contributed by atoms with E-state index < -0.39 is 123 Å². The van der Waals surface area contributed by atoms with Gasteiger partial charge in [0.25, 0.3) is 47.3 Å². The van der Waals surface area contributed by atoms with E-state index in [9.17, 15) is 58.2 Å². The van der Waals surface area contributed by atoms with Crippen molar-refractivity contribution in [3.05, 3.63) is 145 Å². The van der Waals surface area contributed by atoms with Crippen molar-refractivity contribution in [3.8, 4) is 22.0 Å². The molecular weight excluding hydrogens is 1080 g/mol. The van der Waals surface area contributed by atoms with Crippen LogP contribution in [-0.2, 0) is 28.8 Å². The number of carbonyl (C=O) groups is 10. The third-order valence-electron chi connectivity index (χ3n) is 10.9. The normalized spacial score (nSPS) is 17.3. The van der Waals surface area contributed by atoms with Crippen LogP contribution in [0, 0.1) is 6.92 Å². The number of carbonyl (C=O) groups excluding carboxylic acids is 10. The Balaban J connectivity index is 1.36. The number of hydrogen-bond acceptors (Lipinski definition) is 21. The first-order valence-corrected chi connectivity index (χ1v) is 24.0. The molecule has 0 aromatic carbocycles. The summed E-state index contributed by atoms with van der Waals surface area (Å²) in [6.07, 6.45) is 1.68. The fourth-order valence-electron chi connectivity index (χ4n) is 6.66. The van der Waals surface area contributed by atoms with Crippen LogP contribution in [0.25, 0.3) is 39.1 Å². The van der Waals surface area contributed by atoms with Gasteiger partial charge in [-0.15, -0.1) is 11.3 Å². The molecule has 31 heteroatoms. The topological polar surface area (TPSA) is 449 Å². The summed E-state index contributed by atoms with van der Waals surface area (Å²) in [6.45, 7) is 27.7. The third kappa shape index (κ3) is 14.0. The molecule has 6 heterocycles. The van der Waals surface area contributed by atoms with Crippen LogP contribution in [0.5, 0.6) is 0 Å². The summed E-state index contributed by atoms with van der Waals surface area (Å²) in [5, 5.41) is 43.5. The molecule has 13 N–H and O–H groups in total. The van der Waals surface area contributed by atoms with Crippen LogP contribution in [0.3, 0.4) is 0 Å². The average Bonchev–Trinajstić information content (AvgIpc) is 4.26. The summed E-state index contributed by atoms with van der Waals surface area (Å²) in [6, 6.07) is -0.900. The number of nitrogens with zero attached hydrogens (tertiary/aromatic N) is 5. The number of pyridine rings is 1. The van der Waals surface area contributed by atoms with Crippen molar-refractivity contribution in [3.63, 3.8) is 0 Å². The molecule has 1 aliphatic rings. The first kappa shape index (κ1) is 59.5. The molecule has 0 aliphatic carbocycles. The Hall–Kier alpha value is -10.8. The lowest BCUT2D eigenvalue weighted by molar-refractivity contribution is -0.132. The number of oxazole rings is 3. The summed E-state index contributed by atoms with van der Waals surface area (Å²) >= 11 is 0.882. The number of aliphatic hydroxyl groups is 2. The quantitative estimate of drug-likeness (QED) is 0.0938. The number of aromatic nitrogens is 5. The minimum atomic E-state index is -1.99. The van der Waals surface area contributed by atoms with Crippen molar-refractivity contribution in [1.29, 1.82) is 0 Å². The number of hydrogen-bond donors (Lipinski definition) is 12. The van der Waals surface area contributed by atoms with Gasteiger partial charge in [0, 0.05) is 10.9 Å². The molecule has 8 bridgehead atoms. The highest BCUT2D eigenvalue weighted by molar-refractivity contribution is 7.13. The number of rotatable bonds is 7. The first-order valence-electron chi connectivity index (χ1n) is 23.1. The van der Waals surface area contributed by atoms with Crippen molar-refractivity contribution in [1.82, 2.24) is 72.8 Å². The molecule has 0 spiro atoms. The molecule has 0 saturated heterocycles. The molecule has 0 fully saturated rings. The van der Waals surface area contributed by atoms with Gasteiger partial charge in [0.05, 0.1) is 51.6 Å². The second kappa shape index (κ2) is 24.3. The number of aryl methyl sites for hydroxylation is 1. The maximum Gasteiger partial charge on any atom is 0.278 e. The number of allylic oxidation sites excluding steroid dienone is 1.